The molecule has 2 rings (SSSR count). The molecule has 19 heavy (non-hydrogen) atoms. The van der Waals surface area contributed by atoms with E-state index in [-0.39, 0.29) is 12.4 Å². The first kappa shape index (κ1) is 14.1. The fourth-order valence-corrected chi connectivity index (χ4v) is 2.48. The highest BCUT2D eigenvalue weighted by Gasteiger charge is 2.09. The highest BCUT2D eigenvalue weighted by Crippen LogP contribution is 2.23. The second-order valence-corrected chi connectivity index (χ2v) is 5.71. The zero-order chi connectivity index (χ0) is 13.7. The van der Waals surface area contributed by atoms with E-state index < -0.39 is 0 Å². The third-order valence-electron chi connectivity index (χ3n) is 2.67. The average Bonchev–Trinajstić information content (AvgIpc) is 2.85. The lowest BCUT2D eigenvalue weighted by Crippen LogP contribution is -1.99. The Hall–Kier alpha value is -1.33. The number of nitrogens with zero attached hydrogens (tertiary/aromatic N) is 1. The van der Waals surface area contributed by atoms with Crippen LogP contribution in [0.25, 0.3) is 11.5 Å². The number of rotatable bonds is 6. The minimum atomic E-state index is -0.303. The van der Waals surface area contributed by atoms with E-state index in [9.17, 15) is 4.39 Å². The molecule has 2 aromatic rings. The van der Waals surface area contributed by atoms with Crippen molar-refractivity contribution in [2.75, 3.05) is 6.61 Å². The van der Waals surface area contributed by atoms with Gasteiger partial charge in [-0.05, 0) is 24.6 Å². The fraction of sp³-hybridized carbons (Fsp3) is 0.357. The summed E-state index contributed by atoms with van der Waals surface area (Å²) < 4.78 is 18.5. The minimum Gasteiger partial charge on any atom is -0.444 e. The highest BCUT2D eigenvalue weighted by atomic mass is 32.2. The normalized spacial score (nSPS) is 12.6. The second-order valence-electron chi connectivity index (χ2n) is 4.29. The van der Waals surface area contributed by atoms with Crippen molar-refractivity contribution in [3.05, 3.63) is 42.0 Å². The molecule has 0 aliphatic carbocycles. The smallest absolute Gasteiger partial charge is 0.226 e. The number of aliphatic hydroxyl groups is 1. The number of hydrogen-bond acceptors (Lipinski definition) is 4. The van der Waals surface area contributed by atoms with Crippen molar-refractivity contribution in [1.82, 2.24) is 4.98 Å². The van der Waals surface area contributed by atoms with E-state index in [4.69, 9.17) is 9.52 Å². The molecule has 1 N–H and O–H groups in total. The number of oxazole rings is 1. The SMILES string of the molecule is CC(CCO)SCc1coc(-c2cccc(F)c2)n1. The minimum absolute atomic E-state index is 0.196. The van der Waals surface area contributed by atoms with Crippen LogP contribution in [0.1, 0.15) is 19.0 Å². The van der Waals surface area contributed by atoms with E-state index in [1.807, 2.05) is 0 Å². The van der Waals surface area contributed by atoms with Crippen molar-refractivity contribution in [2.45, 2.75) is 24.3 Å². The lowest BCUT2D eigenvalue weighted by molar-refractivity contribution is 0.289. The topological polar surface area (TPSA) is 46.3 Å². The third kappa shape index (κ3) is 4.08. The molecule has 1 heterocycles. The highest BCUT2D eigenvalue weighted by molar-refractivity contribution is 7.99. The van der Waals surface area contributed by atoms with Gasteiger partial charge >= 0.3 is 0 Å². The summed E-state index contributed by atoms with van der Waals surface area (Å²) in [4.78, 5) is 4.34. The molecule has 0 amide bonds. The van der Waals surface area contributed by atoms with Crippen molar-refractivity contribution in [1.29, 1.82) is 0 Å². The predicted octanol–water partition coefficient (Wildman–Crippen LogP) is 3.48. The fourth-order valence-electron chi connectivity index (χ4n) is 1.62. The summed E-state index contributed by atoms with van der Waals surface area (Å²) in [7, 11) is 0. The summed E-state index contributed by atoms with van der Waals surface area (Å²) in [6, 6.07) is 6.18. The standard InChI is InChI=1S/C14H16FNO2S/c1-10(5-6-17)19-9-13-8-18-14(16-13)11-3-2-4-12(15)7-11/h2-4,7-8,10,17H,5-6,9H2,1H3. The van der Waals surface area contributed by atoms with Crippen LogP contribution < -0.4 is 0 Å². The summed E-state index contributed by atoms with van der Waals surface area (Å²) in [6.45, 7) is 2.26. The average molecular weight is 281 g/mol. The predicted molar refractivity (Wildman–Crippen MR) is 74.4 cm³/mol. The molecule has 0 fully saturated rings. The molecule has 0 radical (unpaired) electrons. The zero-order valence-corrected chi connectivity index (χ0v) is 11.5. The Morgan fingerprint density at radius 3 is 3.05 bits per heavy atom. The first-order valence-corrected chi connectivity index (χ1v) is 7.16. The van der Waals surface area contributed by atoms with E-state index in [0.29, 0.717) is 16.7 Å². The van der Waals surface area contributed by atoms with Crippen LogP contribution in [-0.4, -0.2) is 21.9 Å². The Morgan fingerprint density at radius 2 is 2.32 bits per heavy atom. The molecule has 0 saturated carbocycles. The van der Waals surface area contributed by atoms with Gasteiger partial charge in [-0.25, -0.2) is 9.37 Å². The molecule has 0 spiro atoms. The molecule has 0 aliphatic rings. The van der Waals surface area contributed by atoms with Gasteiger partial charge in [0.05, 0.1) is 5.69 Å². The molecule has 5 heteroatoms. The number of halogens is 1. The van der Waals surface area contributed by atoms with E-state index in [2.05, 4.69) is 11.9 Å². The van der Waals surface area contributed by atoms with Gasteiger partial charge in [0.2, 0.25) is 5.89 Å². The van der Waals surface area contributed by atoms with Crippen molar-refractivity contribution >= 4 is 11.8 Å². The summed E-state index contributed by atoms with van der Waals surface area (Å²) in [5.74, 6) is 0.855. The zero-order valence-electron chi connectivity index (χ0n) is 10.7. The van der Waals surface area contributed by atoms with Crippen LogP contribution in [0.2, 0.25) is 0 Å². The van der Waals surface area contributed by atoms with Crippen LogP contribution in [-0.2, 0) is 5.75 Å². The molecule has 0 aliphatic heterocycles. The van der Waals surface area contributed by atoms with Gasteiger partial charge < -0.3 is 9.52 Å². The third-order valence-corrected chi connectivity index (χ3v) is 3.94. The van der Waals surface area contributed by atoms with Crippen LogP contribution >= 0.6 is 11.8 Å². The van der Waals surface area contributed by atoms with Crippen LogP contribution in [0.5, 0.6) is 0 Å². The Bertz CT molecular complexity index is 530. The first-order valence-electron chi connectivity index (χ1n) is 6.12. The van der Waals surface area contributed by atoms with Crippen molar-refractivity contribution in [2.24, 2.45) is 0 Å². The molecule has 0 bridgehead atoms. The van der Waals surface area contributed by atoms with Crippen LogP contribution in [0, 0.1) is 5.82 Å². The molecule has 3 nitrogen and oxygen atoms in total. The maximum atomic E-state index is 13.1. The number of aromatic nitrogens is 1. The van der Waals surface area contributed by atoms with Crippen LogP contribution in [0.3, 0.4) is 0 Å². The maximum Gasteiger partial charge on any atom is 0.226 e. The van der Waals surface area contributed by atoms with Gasteiger partial charge in [-0.3, -0.25) is 0 Å². The van der Waals surface area contributed by atoms with Gasteiger partial charge in [0.1, 0.15) is 12.1 Å². The quantitative estimate of drug-likeness (QED) is 0.880. The Labute approximate surface area is 115 Å². The largest absolute Gasteiger partial charge is 0.444 e. The van der Waals surface area contributed by atoms with Gasteiger partial charge in [0.25, 0.3) is 0 Å². The number of thioether (sulfide) groups is 1. The van der Waals surface area contributed by atoms with Gasteiger partial charge in [-0.2, -0.15) is 11.8 Å². The molecular formula is C14H16FNO2S. The number of hydrogen-bond donors (Lipinski definition) is 1. The molecule has 102 valence electrons. The maximum absolute atomic E-state index is 13.1. The van der Waals surface area contributed by atoms with E-state index >= 15 is 0 Å². The Kier molecular flexibility index (Phi) is 4.99. The van der Waals surface area contributed by atoms with Crippen LogP contribution in [0.4, 0.5) is 4.39 Å². The second kappa shape index (κ2) is 6.73. The molecule has 1 unspecified atom stereocenters. The molecule has 1 aromatic heterocycles. The number of aliphatic hydroxyl groups excluding tert-OH is 1. The van der Waals surface area contributed by atoms with E-state index in [1.54, 1.807) is 30.2 Å². The molecule has 0 saturated heterocycles. The first-order chi connectivity index (χ1) is 9.19. The summed E-state index contributed by atoms with van der Waals surface area (Å²) in [5.41, 5.74) is 1.47. The lowest BCUT2D eigenvalue weighted by atomic mass is 10.2. The van der Waals surface area contributed by atoms with Crippen LogP contribution in [0.15, 0.2) is 34.9 Å². The summed E-state index contributed by atoms with van der Waals surface area (Å²) in [5, 5.41) is 9.20. The molecule has 1 aromatic carbocycles. The van der Waals surface area contributed by atoms with Gasteiger partial charge in [0.15, 0.2) is 0 Å². The van der Waals surface area contributed by atoms with Crippen molar-refractivity contribution in [3.8, 4) is 11.5 Å². The van der Waals surface area contributed by atoms with E-state index in [1.165, 1.54) is 12.1 Å². The Morgan fingerprint density at radius 1 is 1.47 bits per heavy atom. The summed E-state index contributed by atoms with van der Waals surface area (Å²) >= 11 is 1.71. The Balaban J connectivity index is 1.99. The summed E-state index contributed by atoms with van der Waals surface area (Å²) in [6.07, 6.45) is 2.36. The molecule has 1 atom stereocenters. The van der Waals surface area contributed by atoms with Gasteiger partial charge in [-0.1, -0.05) is 13.0 Å². The van der Waals surface area contributed by atoms with E-state index in [0.717, 1.165) is 17.9 Å². The van der Waals surface area contributed by atoms with Gasteiger partial charge in [0, 0.05) is 23.2 Å². The number of benzene rings is 1. The lowest BCUT2D eigenvalue weighted by Gasteiger charge is -2.06. The van der Waals surface area contributed by atoms with Gasteiger partial charge in [-0.15, -0.1) is 0 Å². The van der Waals surface area contributed by atoms with Crippen molar-refractivity contribution in [3.63, 3.8) is 0 Å². The monoisotopic (exact) mass is 281 g/mol. The van der Waals surface area contributed by atoms with Crippen molar-refractivity contribution < 1.29 is 13.9 Å². The molecular weight excluding hydrogens is 265 g/mol.